The molecule has 8 nitrogen and oxygen atoms in total. The normalized spacial score (nSPS) is 11.5. The van der Waals surface area contributed by atoms with E-state index in [0.29, 0.717) is 15.0 Å². The van der Waals surface area contributed by atoms with E-state index >= 15 is 0 Å². The predicted molar refractivity (Wildman–Crippen MR) is 106 cm³/mol. The molecule has 1 amide bonds. The lowest BCUT2D eigenvalue weighted by Crippen LogP contribution is -2.22. The summed E-state index contributed by atoms with van der Waals surface area (Å²) in [4.78, 5) is 40.0. The summed E-state index contributed by atoms with van der Waals surface area (Å²) in [6.45, 7) is -0.199. The second-order valence-electron chi connectivity index (χ2n) is 5.56. The average Bonchev–Trinajstić information content (AvgIpc) is 3.03. The minimum atomic E-state index is -0.543. The zero-order valence-corrected chi connectivity index (χ0v) is 16.4. The highest BCUT2D eigenvalue weighted by Gasteiger charge is 2.15. The maximum Gasteiger partial charge on any atom is 0.325 e. The topological polar surface area (TPSA) is 104 Å². The van der Waals surface area contributed by atoms with Crippen LogP contribution in [0.4, 0.5) is 5.69 Å². The Hall–Kier alpha value is -2.98. The van der Waals surface area contributed by atoms with Gasteiger partial charge in [-0.25, -0.2) is 0 Å². The van der Waals surface area contributed by atoms with Gasteiger partial charge >= 0.3 is 5.97 Å². The number of non-ortho nitro benzene ring substituents is 1. The van der Waals surface area contributed by atoms with Crippen molar-refractivity contribution in [2.75, 3.05) is 12.9 Å². The molecule has 3 aromatic rings. The molecule has 0 aliphatic carbocycles. The van der Waals surface area contributed by atoms with Gasteiger partial charge in [-0.3, -0.25) is 19.7 Å². The number of hydrogen-bond donors (Lipinski definition) is 0. The lowest BCUT2D eigenvalue weighted by atomic mass is 10.3. The number of nitro groups is 1. The van der Waals surface area contributed by atoms with Crippen molar-refractivity contribution in [3.63, 3.8) is 0 Å². The molecule has 0 N–H and O–H groups in total. The van der Waals surface area contributed by atoms with E-state index in [1.165, 1.54) is 46.9 Å². The Morgan fingerprint density at radius 3 is 2.68 bits per heavy atom. The highest BCUT2D eigenvalue weighted by molar-refractivity contribution is 8.00. The van der Waals surface area contributed by atoms with Gasteiger partial charge in [0.05, 0.1) is 28.0 Å². The molecule has 1 heterocycles. The zero-order chi connectivity index (χ0) is 20.1. The molecule has 10 heteroatoms. The van der Waals surface area contributed by atoms with Crippen molar-refractivity contribution in [3.8, 4) is 0 Å². The Kier molecular flexibility index (Phi) is 6.22. The molecule has 0 saturated carbocycles. The number of fused-ring (bicyclic) bond motifs is 1. The Balaban J connectivity index is 1.96. The van der Waals surface area contributed by atoms with Gasteiger partial charge in [-0.15, -0.1) is 11.8 Å². The average molecular weight is 417 g/mol. The summed E-state index contributed by atoms with van der Waals surface area (Å²) in [7, 11) is 1.25. The second-order valence-corrected chi connectivity index (χ2v) is 7.62. The molecule has 0 aliphatic rings. The van der Waals surface area contributed by atoms with Crippen molar-refractivity contribution >= 4 is 50.9 Å². The molecule has 2 aromatic carbocycles. The third-order valence-corrected chi connectivity index (χ3v) is 5.77. The molecule has 1 aromatic heterocycles. The molecule has 0 atom stereocenters. The number of nitrogens with zero attached hydrogens (tertiary/aromatic N) is 3. The number of aromatic nitrogens is 1. The fourth-order valence-electron chi connectivity index (χ4n) is 2.40. The SMILES string of the molecule is COC(=O)Cn1c(=NC(=O)CSc2ccccc2)sc2ccc([N+](=O)[O-])cc21. The molecular weight excluding hydrogens is 402 g/mol. The molecule has 0 spiro atoms. The highest BCUT2D eigenvalue weighted by atomic mass is 32.2. The van der Waals surface area contributed by atoms with Crippen LogP contribution in [0.2, 0.25) is 0 Å². The minimum Gasteiger partial charge on any atom is -0.468 e. The summed E-state index contributed by atoms with van der Waals surface area (Å²) >= 11 is 2.54. The Labute approximate surface area is 167 Å². The number of rotatable bonds is 6. The molecule has 0 saturated heterocycles. The third kappa shape index (κ3) is 4.65. The van der Waals surface area contributed by atoms with Crippen LogP contribution in [0, 0.1) is 10.1 Å². The van der Waals surface area contributed by atoms with Crippen molar-refractivity contribution < 1.29 is 19.2 Å². The molecule has 0 bridgehead atoms. The van der Waals surface area contributed by atoms with E-state index in [2.05, 4.69) is 4.99 Å². The summed E-state index contributed by atoms with van der Waals surface area (Å²) in [5.41, 5.74) is 0.341. The predicted octanol–water partition coefficient (Wildman–Crippen LogP) is 3.00. The molecule has 0 radical (unpaired) electrons. The first kappa shape index (κ1) is 19.8. The van der Waals surface area contributed by atoms with Crippen molar-refractivity contribution in [2.24, 2.45) is 4.99 Å². The maximum absolute atomic E-state index is 12.3. The van der Waals surface area contributed by atoms with Gasteiger partial charge in [0.15, 0.2) is 4.80 Å². The number of carbonyl (C=O) groups is 2. The molecular formula is C18H15N3O5S2. The van der Waals surface area contributed by atoms with Crippen LogP contribution in [-0.4, -0.2) is 34.2 Å². The first-order valence-electron chi connectivity index (χ1n) is 8.08. The van der Waals surface area contributed by atoms with Crippen molar-refractivity contribution in [2.45, 2.75) is 11.4 Å². The first-order valence-corrected chi connectivity index (χ1v) is 9.88. The van der Waals surface area contributed by atoms with Crippen LogP contribution in [0.5, 0.6) is 0 Å². The number of thiazole rings is 1. The lowest BCUT2D eigenvalue weighted by molar-refractivity contribution is -0.384. The Morgan fingerprint density at radius 2 is 2.00 bits per heavy atom. The number of carbonyl (C=O) groups excluding carboxylic acids is 2. The van der Waals surface area contributed by atoms with Crippen LogP contribution < -0.4 is 4.80 Å². The van der Waals surface area contributed by atoms with Crippen molar-refractivity contribution in [1.82, 2.24) is 4.57 Å². The third-order valence-electron chi connectivity index (χ3n) is 3.72. The van der Waals surface area contributed by atoms with Gasteiger partial charge in [0.2, 0.25) is 0 Å². The Morgan fingerprint density at radius 1 is 1.25 bits per heavy atom. The molecule has 28 heavy (non-hydrogen) atoms. The van der Waals surface area contributed by atoms with Gasteiger partial charge < -0.3 is 9.30 Å². The Bertz CT molecular complexity index is 1110. The summed E-state index contributed by atoms with van der Waals surface area (Å²) < 4.78 is 6.84. The molecule has 144 valence electrons. The number of methoxy groups -OCH3 is 1. The summed E-state index contributed by atoms with van der Waals surface area (Å²) in [6.07, 6.45) is 0. The van der Waals surface area contributed by atoms with Crippen LogP contribution in [-0.2, 0) is 20.9 Å². The zero-order valence-electron chi connectivity index (χ0n) is 14.7. The maximum atomic E-state index is 12.3. The van der Waals surface area contributed by atoms with Gasteiger partial charge in [-0.05, 0) is 18.2 Å². The van der Waals surface area contributed by atoms with E-state index in [1.807, 2.05) is 30.3 Å². The fraction of sp³-hybridized carbons (Fsp3) is 0.167. The number of esters is 1. The quantitative estimate of drug-likeness (QED) is 0.264. The standard InChI is InChI=1S/C18H15N3O5S2/c1-26-17(23)10-20-14-9-12(21(24)25)7-8-15(14)28-18(20)19-16(22)11-27-13-5-3-2-4-6-13/h2-9H,10-11H2,1H3. The first-order chi connectivity index (χ1) is 13.5. The van der Waals surface area contributed by atoms with Gasteiger partial charge in [-0.1, -0.05) is 29.5 Å². The van der Waals surface area contributed by atoms with Gasteiger partial charge in [0, 0.05) is 17.0 Å². The van der Waals surface area contributed by atoms with Crippen LogP contribution in [0.1, 0.15) is 0 Å². The van der Waals surface area contributed by atoms with Crippen LogP contribution in [0.25, 0.3) is 10.2 Å². The van der Waals surface area contributed by atoms with Crippen LogP contribution in [0.15, 0.2) is 58.4 Å². The van der Waals surface area contributed by atoms with E-state index in [9.17, 15) is 19.7 Å². The van der Waals surface area contributed by atoms with E-state index in [-0.39, 0.29) is 23.9 Å². The van der Waals surface area contributed by atoms with E-state index in [4.69, 9.17) is 4.74 Å². The molecule has 3 rings (SSSR count). The highest BCUT2D eigenvalue weighted by Crippen LogP contribution is 2.23. The fourth-order valence-corrected chi connectivity index (χ4v) is 4.13. The number of nitro benzene ring substituents is 1. The van der Waals surface area contributed by atoms with Gasteiger partial charge in [0.1, 0.15) is 6.54 Å². The largest absolute Gasteiger partial charge is 0.468 e. The second kappa shape index (κ2) is 8.81. The molecule has 0 unspecified atom stereocenters. The van der Waals surface area contributed by atoms with Crippen molar-refractivity contribution in [3.05, 3.63) is 63.4 Å². The van der Waals surface area contributed by atoms with Gasteiger partial charge in [-0.2, -0.15) is 4.99 Å². The van der Waals surface area contributed by atoms with E-state index < -0.39 is 10.9 Å². The summed E-state index contributed by atoms with van der Waals surface area (Å²) in [5, 5.41) is 11.1. The number of thioether (sulfide) groups is 1. The van der Waals surface area contributed by atoms with E-state index in [0.717, 1.165) is 4.90 Å². The smallest absolute Gasteiger partial charge is 0.325 e. The lowest BCUT2D eigenvalue weighted by Gasteiger charge is -2.03. The molecule has 0 fully saturated rings. The minimum absolute atomic E-state index is 0.110. The number of benzene rings is 2. The van der Waals surface area contributed by atoms with Gasteiger partial charge in [0.25, 0.3) is 11.6 Å². The van der Waals surface area contributed by atoms with Crippen molar-refractivity contribution in [1.29, 1.82) is 0 Å². The number of amides is 1. The monoisotopic (exact) mass is 417 g/mol. The van der Waals surface area contributed by atoms with Crippen LogP contribution in [0.3, 0.4) is 0 Å². The number of ether oxygens (including phenoxy) is 1. The number of hydrogen-bond acceptors (Lipinski definition) is 7. The van der Waals surface area contributed by atoms with Crippen LogP contribution >= 0.6 is 23.1 Å². The summed E-state index contributed by atoms with van der Waals surface area (Å²) in [5.74, 6) is -0.774. The summed E-state index contributed by atoms with van der Waals surface area (Å²) in [6, 6.07) is 13.8. The molecule has 0 aliphatic heterocycles. The van der Waals surface area contributed by atoms with E-state index in [1.54, 1.807) is 6.07 Å².